The molecule has 4 aromatic rings. The summed E-state index contributed by atoms with van der Waals surface area (Å²) in [5.41, 5.74) is 4.51. The number of carboxylic acids is 1. The monoisotopic (exact) mass is 687 g/mol. The van der Waals surface area contributed by atoms with Gasteiger partial charge >= 0.3 is 5.97 Å². The first-order chi connectivity index (χ1) is 23.4. The van der Waals surface area contributed by atoms with Gasteiger partial charge in [-0.2, -0.15) is 0 Å². The van der Waals surface area contributed by atoms with Gasteiger partial charge in [-0.25, -0.2) is 13.2 Å². The Kier molecular flexibility index (Phi) is 13.1. The Balaban J connectivity index is 1.33. The normalized spacial score (nSPS) is 12.4. The van der Waals surface area contributed by atoms with E-state index in [0.29, 0.717) is 55.5 Å². The van der Waals surface area contributed by atoms with Gasteiger partial charge in [-0.05, 0) is 84.5 Å². The van der Waals surface area contributed by atoms with E-state index in [-0.39, 0.29) is 18.2 Å². The summed E-state index contributed by atoms with van der Waals surface area (Å²) in [6, 6.07) is 29.9. The smallest absolute Gasteiger partial charge is 0.326 e. The zero-order valence-electron chi connectivity index (χ0n) is 28.4. The van der Waals surface area contributed by atoms with Gasteiger partial charge in [-0.1, -0.05) is 68.8 Å². The highest BCUT2D eigenvalue weighted by molar-refractivity contribution is 7.92. The molecule has 10 nitrogen and oxygen atoms in total. The van der Waals surface area contributed by atoms with E-state index in [2.05, 4.69) is 27.1 Å². The SMILES string of the molecule is CCC(C)[C@H](NC(=O)CCCOc1ccc(Oc2ccc(CN(Cc3ccccc3)c3cccc(NS(C)(=O)=O)c3C)cc2)cc1)C(=O)O. The van der Waals surface area contributed by atoms with Crippen LogP contribution < -0.4 is 24.4 Å². The molecular weight excluding hydrogens is 642 g/mol. The maximum Gasteiger partial charge on any atom is 0.326 e. The van der Waals surface area contributed by atoms with Gasteiger partial charge in [0.1, 0.15) is 23.3 Å². The van der Waals surface area contributed by atoms with Crippen molar-refractivity contribution in [2.75, 3.05) is 22.5 Å². The van der Waals surface area contributed by atoms with Crippen LogP contribution in [-0.2, 0) is 32.7 Å². The summed E-state index contributed by atoms with van der Waals surface area (Å²) < 4.78 is 38.4. The predicted molar refractivity (Wildman–Crippen MR) is 193 cm³/mol. The minimum atomic E-state index is -3.43. The molecule has 2 atom stereocenters. The van der Waals surface area contributed by atoms with E-state index in [4.69, 9.17) is 9.47 Å². The zero-order chi connectivity index (χ0) is 35.4. The number of hydrogen-bond donors (Lipinski definition) is 3. The molecule has 1 unspecified atom stereocenters. The highest BCUT2D eigenvalue weighted by atomic mass is 32.2. The van der Waals surface area contributed by atoms with Gasteiger partial charge in [-0.3, -0.25) is 9.52 Å². The number of sulfonamides is 1. The molecule has 4 aromatic carbocycles. The first kappa shape index (κ1) is 36.8. The van der Waals surface area contributed by atoms with Crippen LogP contribution in [0, 0.1) is 12.8 Å². The molecule has 0 aliphatic carbocycles. The molecule has 49 heavy (non-hydrogen) atoms. The number of carbonyl (C=O) groups is 2. The minimum Gasteiger partial charge on any atom is -0.494 e. The fourth-order valence-corrected chi connectivity index (χ4v) is 5.90. The molecule has 0 heterocycles. The quantitative estimate of drug-likeness (QED) is 0.0941. The fraction of sp³-hybridized carbons (Fsp3) is 0.316. The number of carboxylic acid groups (broad SMARTS) is 1. The summed E-state index contributed by atoms with van der Waals surface area (Å²) in [4.78, 5) is 25.9. The molecule has 1 amide bonds. The summed E-state index contributed by atoms with van der Waals surface area (Å²) >= 11 is 0. The van der Waals surface area contributed by atoms with E-state index < -0.39 is 22.0 Å². The van der Waals surface area contributed by atoms with Crippen LogP contribution in [0.4, 0.5) is 11.4 Å². The number of nitrogens with one attached hydrogen (secondary N) is 2. The Morgan fingerprint density at radius 2 is 1.43 bits per heavy atom. The number of rotatable bonds is 18. The molecule has 11 heteroatoms. The number of benzene rings is 4. The summed E-state index contributed by atoms with van der Waals surface area (Å²) in [5.74, 6) is 0.463. The number of aliphatic carboxylic acids is 1. The molecule has 4 rings (SSSR count). The van der Waals surface area contributed by atoms with Crippen LogP contribution >= 0.6 is 0 Å². The highest BCUT2D eigenvalue weighted by Crippen LogP contribution is 2.31. The lowest BCUT2D eigenvalue weighted by atomic mass is 9.99. The average molecular weight is 688 g/mol. The maximum atomic E-state index is 12.2. The van der Waals surface area contributed by atoms with Crippen LogP contribution in [0.15, 0.2) is 97.1 Å². The Morgan fingerprint density at radius 3 is 2.02 bits per heavy atom. The summed E-state index contributed by atoms with van der Waals surface area (Å²) in [5, 5.41) is 12.0. The second-order valence-corrected chi connectivity index (χ2v) is 13.9. The standard InChI is InChI=1S/C38H45N3O7S/c1-5-27(2)37(38(43)44)39-36(42)15-10-24-47-31-20-22-33(23-21-31)48-32-18-16-30(17-19-32)26-41(25-29-11-7-6-8-12-29)35-14-9-13-34(28(35)3)40-49(4,45)46/h6-9,11-14,16-23,27,37,40H,5,10,15,24-26H2,1-4H3,(H,39,42)(H,43,44)/t27?,37-/m0/s1. The van der Waals surface area contributed by atoms with E-state index in [1.54, 1.807) is 37.3 Å². The number of hydrogen-bond acceptors (Lipinski definition) is 7. The molecule has 0 radical (unpaired) electrons. The molecule has 0 aliphatic heterocycles. The van der Waals surface area contributed by atoms with Crippen molar-refractivity contribution in [1.82, 2.24) is 5.32 Å². The third-order valence-corrected chi connectivity index (χ3v) is 8.72. The van der Waals surface area contributed by atoms with Gasteiger partial charge in [-0.15, -0.1) is 0 Å². The fourth-order valence-electron chi connectivity index (χ4n) is 5.28. The minimum absolute atomic E-state index is 0.154. The number of anilines is 2. The van der Waals surface area contributed by atoms with E-state index >= 15 is 0 Å². The molecule has 0 aliphatic rings. The first-order valence-electron chi connectivity index (χ1n) is 16.3. The lowest BCUT2D eigenvalue weighted by molar-refractivity contribution is -0.143. The largest absolute Gasteiger partial charge is 0.494 e. The van der Waals surface area contributed by atoms with Crippen LogP contribution in [0.3, 0.4) is 0 Å². The highest BCUT2D eigenvalue weighted by Gasteiger charge is 2.25. The molecular formula is C38H45N3O7S. The van der Waals surface area contributed by atoms with Crippen molar-refractivity contribution >= 4 is 33.3 Å². The molecule has 260 valence electrons. The van der Waals surface area contributed by atoms with Gasteiger partial charge in [0.25, 0.3) is 0 Å². The summed E-state index contributed by atoms with van der Waals surface area (Å²) in [6.07, 6.45) is 2.43. The van der Waals surface area contributed by atoms with E-state index in [9.17, 15) is 23.1 Å². The Bertz CT molecular complexity index is 1780. The second kappa shape index (κ2) is 17.4. The molecule has 0 bridgehead atoms. The van der Waals surface area contributed by atoms with Crippen molar-refractivity contribution in [3.63, 3.8) is 0 Å². The molecule has 0 aromatic heterocycles. The first-order valence-corrected chi connectivity index (χ1v) is 18.2. The van der Waals surface area contributed by atoms with Gasteiger partial charge in [0.15, 0.2) is 0 Å². The lowest BCUT2D eigenvalue weighted by Gasteiger charge is -2.28. The van der Waals surface area contributed by atoms with Crippen LogP contribution in [0.25, 0.3) is 0 Å². The molecule has 0 saturated carbocycles. The van der Waals surface area contributed by atoms with Gasteiger partial charge in [0.05, 0.1) is 18.6 Å². The van der Waals surface area contributed by atoms with Crippen molar-refractivity contribution in [3.05, 3.63) is 114 Å². The molecule has 0 fully saturated rings. The van der Waals surface area contributed by atoms with Crippen molar-refractivity contribution in [2.45, 2.75) is 59.2 Å². The van der Waals surface area contributed by atoms with Gasteiger partial charge in [0, 0.05) is 25.2 Å². The van der Waals surface area contributed by atoms with Crippen LogP contribution in [0.1, 0.15) is 49.8 Å². The topological polar surface area (TPSA) is 134 Å². The van der Waals surface area contributed by atoms with Gasteiger partial charge in [0.2, 0.25) is 15.9 Å². The lowest BCUT2D eigenvalue weighted by Crippen LogP contribution is -2.45. The number of ether oxygens (including phenoxy) is 2. The van der Waals surface area contributed by atoms with Crippen molar-refractivity contribution in [1.29, 1.82) is 0 Å². The second-order valence-electron chi connectivity index (χ2n) is 12.1. The van der Waals surface area contributed by atoms with E-state index in [1.165, 1.54) is 0 Å². The summed E-state index contributed by atoms with van der Waals surface area (Å²) in [6.45, 7) is 7.15. The molecule has 3 N–H and O–H groups in total. The van der Waals surface area contributed by atoms with E-state index in [0.717, 1.165) is 28.6 Å². The van der Waals surface area contributed by atoms with Crippen LogP contribution in [-0.4, -0.2) is 44.3 Å². The number of carbonyl (C=O) groups excluding carboxylic acids is 1. The zero-order valence-corrected chi connectivity index (χ0v) is 29.2. The third-order valence-electron chi connectivity index (χ3n) is 8.13. The van der Waals surface area contributed by atoms with Crippen molar-refractivity contribution in [3.8, 4) is 17.2 Å². The number of amides is 1. The van der Waals surface area contributed by atoms with Gasteiger partial charge < -0.3 is 24.8 Å². The predicted octanol–water partition coefficient (Wildman–Crippen LogP) is 7.14. The number of nitrogens with zero attached hydrogens (tertiary/aromatic N) is 1. The Labute approximate surface area is 289 Å². The van der Waals surface area contributed by atoms with Crippen LogP contribution in [0.2, 0.25) is 0 Å². The van der Waals surface area contributed by atoms with Crippen molar-refractivity contribution < 1.29 is 32.6 Å². The molecule has 0 spiro atoms. The Morgan fingerprint density at radius 1 is 0.837 bits per heavy atom. The maximum absolute atomic E-state index is 12.2. The summed E-state index contributed by atoms with van der Waals surface area (Å²) in [7, 11) is -3.43. The van der Waals surface area contributed by atoms with Crippen molar-refractivity contribution in [2.24, 2.45) is 5.92 Å². The Hall–Kier alpha value is -5.03. The third kappa shape index (κ3) is 11.6. The molecule has 0 saturated heterocycles. The average Bonchev–Trinajstić information content (AvgIpc) is 3.07. The van der Waals surface area contributed by atoms with Crippen LogP contribution in [0.5, 0.6) is 17.2 Å². The van der Waals surface area contributed by atoms with E-state index in [1.807, 2.05) is 68.4 Å².